The van der Waals surface area contributed by atoms with Crippen molar-refractivity contribution in [2.24, 2.45) is 0 Å². The number of thioether (sulfide) groups is 1. The Bertz CT molecular complexity index is 411. The summed E-state index contributed by atoms with van der Waals surface area (Å²) < 4.78 is 38.4. The van der Waals surface area contributed by atoms with Gasteiger partial charge < -0.3 is 5.11 Å². The molecule has 1 aromatic rings. The van der Waals surface area contributed by atoms with Crippen molar-refractivity contribution in [2.75, 3.05) is 0 Å². The first-order chi connectivity index (χ1) is 8.50. The summed E-state index contributed by atoms with van der Waals surface area (Å²) >= 11 is 1.52. The van der Waals surface area contributed by atoms with Crippen molar-refractivity contribution < 1.29 is 18.3 Å². The molecule has 18 heavy (non-hydrogen) atoms. The van der Waals surface area contributed by atoms with Crippen molar-refractivity contribution in [3.05, 3.63) is 29.3 Å². The minimum atomic E-state index is -4.40. The molecule has 1 aromatic carbocycles. The van der Waals surface area contributed by atoms with Crippen LogP contribution in [0, 0.1) is 0 Å². The number of hydrogen-bond acceptors (Lipinski definition) is 2. The van der Waals surface area contributed by atoms with E-state index in [1.807, 2.05) is 0 Å². The van der Waals surface area contributed by atoms with Crippen LogP contribution in [0.2, 0.25) is 0 Å². The molecule has 0 amide bonds. The zero-order chi connectivity index (χ0) is 13.2. The van der Waals surface area contributed by atoms with Gasteiger partial charge in [0.15, 0.2) is 0 Å². The Morgan fingerprint density at radius 3 is 2.44 bits per heavy atom. The summed E-state index contributed by atoms with van der Waals surface area (Å²) in [5.74, 6) is 0. The lowest BCUT2D eigenvalue weighted by molar-refractivity contribution is -0.138. The predicted octanol–water partition coefficient (Wildman–Crippen LogP) is 4.23. The van der Waals surface area contributed by atoms with Crippen LogP contribution in [0.15, 0.2) is 23.1 Å². The zero-order valence-corrected chi connectivity index (χ0v) is 10.7. The molecule has 5 heteroatoms. The second-order valence-electron chi connectivity index (χ2n) is 4.50. The summed E-state index contributed by atoms with van der Waals surface area (Å²) in [6.45, 7) is -0.580. The molecule has 0 saturated heterocycles. The minimum absolute atomic E-state index is 0.0572. The molecule has 2 rings (SSSR count). The number of aliphatic hydroxyl groups is 1. The van der Waals surface area contributed by atoms with Gasteiger partial charge in [-0.3, -0.25) is 0 Å². The van der Waals surface area contributed by atoms with Gasteiger partial charge in [-0.25, -0.2) is 0 Å². The van der Waals surface area contributed by atoms with Gasteiger partial charge in [0.05, 0.1) is 12.2 Å². The highest BCUT2D eigenvalue weighted by Gasteiger charge is 2.33. The predicted molar refractivity (Wildman–Crippen MR) is 65.5 cm³/mol. The van der Waals surface area contributed by atoms with Gasteiger partial charge in [0, 0.05) is 10.1 Å². The van der Waals surface area contributed by atoms with Crippen LogP contribution >= 0.6 is 11.8 Å². The van der Waals surface area contributed by atoms with E-state index in [2.05, 4.69) is 0 Å². The highest BCUT2D eigenvalue weighted by molar-refractivity contribution is 8.00. The van der Waals surface area contributed by atoms with Gasteiger partial charge in [-0.15, -0.1) is 11.8 Å². The highest BCUT2D eigenvalue weighted by atomic mass is 32.2. The fraction of sp³-hybridized carbons (Fsp3) is 0.538. The summed E-state index contributed by atoms with van der Waals surface area (Å²) in [5.41, 5.74) is -0.772. The van der Waals surface area contributed by atoms with Gasteiger partial charge in [-0.2, -0.15) is 13.2 Å². The van der Waals surface area contributed by atoms with Crippen LogP contribution in [0.3, 0.4) is 0 Å². The van der Waals surface area contributed by atoms with E-state index in [0.717, 1.165) is 18.9 Å². The summed E-state index contributed by atoms with van der Waals surface area (Å²) in [6.07, 6.45) is 0.0862. The van der Waals surface area contributed by atoms with E-state index in [9.17, 15) is 13.2 Å². The maximum atomic E-state index is 12.8. The number of alkyl halides is 3. The normalized spacial score (nSPS) is 17.3. The molecule has 1 aliphatic rings. The quantitative estimate of drug-likeness (QED) is 0.891. The van der Waals surface area contributed by atoms with Crippen molar-refractivity contribution in [1.29, 1.82) is 0 Å². The van der Waals surface area contributed by atoms with Crippen LogP contribution in [-0.4, -0.2) is 10.4 Å². The molecule has 1 aliphatic carbocycles. The van der Waals surface area contributed by atoms with Crippen molar-refractivity contribution in [1.82, 2.24) is 0 Å². The standard InChI is InChI=1S/C13H15F3OS/c14-13(15,16)12-7-11(6-5-9(12)8-17)18-10-3-1-2-4-10/h5-7,10,17H,1-4,8H2. The van der Waals surface area contributed by atoms with Crippen molar-refractivity contribution in [3.8, 4) is 0 Å². The fourth-order valence-corrected chi connectivity index (χ4v) is 3.52. The average molecular weight is 276 g/mol. The van der Waals surface area contributed by atoms with Crippen LogP contribution in [0.25, 0.3) is 0 Å². The summed E-state index contributed by atoms with van der Waals surface area (Å²) in [5, 5.41) is 9.39. The van der Waals surface area contributed by atoms with E-state index in [1.54, 1.807) is 6.07 Å². The van der Waals surface area contributed by atoms with Gasteiger partial charge in [-0.05, 0) is 30.5 Å². The second kappa shape index (κ2) is 5.53. The number of halogens is 3. The van der Waals surface area contributed by atoms with Gasteiger partial charge in [0.1, 0.15) is 0 Å². The van der Waals surface area contributed by atoms with Crippen LogP contribution in [0.1, 0.15) is 36.8 Å². The number of rotatable bonds is 3. The largest absolute Gasteiger partial charge is 0.416 e. The molecule has 0 heterocycles. The molecule has 100 valence electrons. The number of benzene rings is 1. The Morgan fingerprint density at radius 2 is 1.89 bits per heavy atom. The Morgan fingerprint density at radius 1 is 1.22 bits per heavy atom. The van der Waals surface area contributed by atoms with Crippen LogP contribution < -0.4 is 0 Å². The lowest BCUT2D eigenvalue weighted by Gasteiger charge is -2.14. The molecule has 0 aromatic heterocycles. The van der Waals surface area contributed by atoms with Gasteiger partial charge in [-0.1, -0.05) is 18.9 Å². The Kier molecular flexibility index (Phi) is 4.22. The summed E-state index contributed by atoms with van der Waals surface area (Å²) in [4.78, 5) is 0.645. The summed E-state index contributed by atoms with van der Waals surface area (Å²) in [6, 6.07) is 4.21. The van der Waals surface area contributed by atoms with E-state index >= 15 is 0 Å². The van der Waals surface area contributed by atoms with E-state index in [1.165, 1.54) is 30.7 Å². The minimum Gasteiger partial charge on any atom is -0.392 e. The van der Waals surface area contributed by atoms with E-state index < -0.39 is 18.3 Å². The van der Waals surface area contributed by atoms with Crippen molar-refractivity contribution in [3.63, 3.8) is 0 Å². The molecule has 0 bridgehead atoms. The van der Waals surface area contributed by atoms with Gasteiger partial charge in [0.2, 0.25) is 0 Å². The average Bonchev–Trinajstić information content (AvgIpc) is 2.80. The van der Waals surface area contributed by atoms with Gasteiger partial charge in [0.25, 0.3) is 0 Å². The Hall–Kier alpha value is -0.680. The number of hydrogen-bond donors (Lipinski definition) is 1. The monoisotopic (exact) mass is 276 g/mol. The maximum Gasteiger partial charge on any atom is 0.416 e. The summed E-state index contributed by atoms with van der Waals surface area (Å²) in [7, 11) is 0. The molecule has 1 saturated carbocycles. The van der Waals surface area contributed by atoms with E-state index in [-0.39, 0.29) is 5.56 Å². The second-order valence-corrected chi connectivity index (χ2v) is 5.87. The lowest BCUT2D eigenvalue weighted by atomic mass is 10.1. The first-order valence-electron chi connectivity index (χ1n) is 5.98. The molecule has 0 unspecified atom stereocenters. The van der Waals surface area contributed by atoms with E-state index in [4.69, 9.17) is 5.11 Å². The third-order valence-corrected chi connectivity index (χ3v) is 4.49. The molecule has 1 fully saturated rings. The lowest BCUT2D eigenvalue weighted by Crippen LogP contribution is -2.09. The third-order valence-electron chi connectivity index (χ3n) is 3.16. The Labute approximate surface area is 108 Å². The molecule has 0 atom stereocenters. The maximum absolute atomic E-state index is 12.8. The molecule has 0 spiro atoms. The first-order valence-corrected chi connectivity index (χ1v) is 6.86. The molecular formula is C13H15F3OS. The Balaban J connectivity index is 2.22. The molecule has 1 N–H and O–H groups in total. The van der Waals surface area contributed by atoms with Crippen LogP contribution in [-0.2, 0) is 12.8 Å². The van der Waals surface area contributed by atoms with Gasteiger partial charge >= 0.3 is 6.18 Å². The third kappa shape index (κ3) is 3.20. The van der Waals surface area contributed by atoms with Crippen molar-refractivity contribution >= 4 is 11.8 Å². The molecule has 1 nitrogen and oxygen atoms in total. The van der Waals surface area contributed by atoms with Crippen LogP contribution in [0.5, 0.6) is 0 Å². The highest BCUT2D eigenvalue weighted by Crippen LogP contribution is 2.38. The molecule has 0 radical (unpaired) electrons. The topological polar surface area (TPSA) is 20.2 Å². The molecular weight excluding hydrogens is 261 g/mol. The van der Waals surface area contributed by atoms with E-state index in [0.29, 0.717) is 10.1 Å². The SMILES string of the molecule is OCc1ccc(SC2CCCC2)cc1C(F)(F)F. The fourth-order valence-electron chi connectivity index (χ4n) is 2.23. The first kappa shape index (κ1) is 13.7. The zero-order valence-electron chi connectivity index (χ0n) is 9.83. The van der Waals surface area contributed by atoms with Crippen molar-refractivity contribution in [2.45, 2.75) is 48.6 Å². The van der Waals surface area contributed by atoms with Crippen LogP contribution in [0.4, 0.5) is 13.2 Å². The number of aliphatic hydroxyl groups excluding tert-OH is 1. The molecule has 0 aliphatic heterocycles. The smallest absolute Gasteiger partial charge is 0.392 e.